The molecule has 12 nitrogen and oxygen atoms in total. The largest absolute Gasteiger partial charge is 0.390 e. The molecule has 5 N–H and O–H groups in total. The van der Waals surface area contributed by atoms with Crippen LogP contribution in [0.4, 0.5) is 5.82 Å². The highest BCUT2D eigenvalue weighted by Gasteiger charge is 2.42. The zero-order chi connectivity index (χ0) is 24.3. The monoisotopic (exact) mass is 488 g/mol. The number of carbonyl (C=O) groups is 1. The van der Waals surface area contributed by atoms with Crippen molar-refractivity contribution in [2.75, 3.05) is 11.9 Å². The second kappa shape index (κ2) is 9.95. The summed E-state index contributed by atoms with van der Waals surface area (Å²) in [7, 11) is -4.18. The van der Waals surface area contributed by atoms with Crippen LogP contribution in [0, 0.1) is 5.92 Å². The van der Waals surface area contributed by atoms with Crippen molar-refractivity contribution < 1.29 is 27.6 Å². The fourth-order valence-corrected chi connectivity index (χ4v) is 4.25. The molecule has 180 valence electrons. The maximum absolute atomic E-state index is 13.1. The fraction of sp³-hybridized carbons (Fsp3) is 0.333. The van der Waals surface area contributed by atoms with E-state index in [0.29, 0.717) is 6.54 Å². The van der Waals surface area contributed by atoms with Gasteiger partial charge < -0.3 is 15.5 Å². The van der Waals surface area contributed by atoms with Crippen molar-refractivity contribution in [1.82, 2.24) is 19.7 Å². The number of aliphatic hydroxyl groups excluding tert-OH is 2. The lowest BCUT2D eigenvalue weighted by molar-refractivity contribution is 0.00778. The molecule has 34 heavy (non-hydrogen) atoms. The number of ketones is 1. The molecule has 1 fully saturated rings. The van der Waals surface area contributed by atoms with E-state index in [1.165, 1.54) is 12.5 Å². The molecule has 13 heteroatoms. The van der Waals surface area contributed by atoms with Gasteiger partial charge in [-0.25, -0.2) is 15.1 Å². The summed E-state index contributed by atoms with van der Waals surface area (Å²) in [6, 6.07) is 10.5. The van der Waals surface area contributed by atoms with Crippen LogP contribution in [-0.4, -0.2) is 69.0 Å². The summed E-state index contributed by atoms with van der Waals surface area (Å²) in [4.78, 5) is 21.2. The highest BCUT2D eigenvalue weighted by molar-refractivity contribution is 7.84. The molecule has 0 spiro atoms. The first-order valence-electron chi connectivity index (χ1n) is 10.4. The Morgan fingerprint density at radius 2 is 1.97 bits per heavy atom. The average molecular weight is 489 g/mol. The third-order valence-corrected chi connectivity index (χ3v) is 6.05. The smallest absolute Gasteiger partial charge is 0.333 e. The van der Waals surface area contributed by atoms with Gasteiger partial charge in [-0.05, 0) is 18.1 Å². The first-order chi connectivity index (χ1) is 16.2. The summed E-state index contributed by atoms with van der Waals surface area (Å²) in [5.41, 5.74) is 1.36. The number of hydrogen-bond acceptors (Lipinski definition) is 10. The highest BCUT2D eigenvalue weighted by atomic mass is 32.2. The minimum absolute atomic E-state index is 0.137. The van der Waals surface area contributed by atoms with Crippen LogP contribution in [0.15, 0.2) is 55.1 Å². The van der Waals surface area contributed by atoms with Crippen LogP contribution >= 0.6 is 0 Å². The SMILES string of the molecule is NS(=O)(=O)OC[C@H]1C[C@@H](Nc2ncncc2C(=O)c2ccn(Cc3ccccc3)n2)[C@H](O)[C@@H]1O. The summed E-state index contributed by atoms with van der Waals surface area (Å²) in [5, 5.41) is 32.8. The number of nitrogens with one attached hydrogen (secondary N) is 1. The molecule has 2 heterocycles. The van der Waals surface area contributed by atoms with Crippen molar-refractivity contribution >= 4 is 21.9 Å². The fourth-order valence-electron chi connectivity index (χ4n) is 3.88. The van der Waals surface area contributed by atoms with Crippen molar-refractivity contribution in [2.45, 2.75) is 31.2 Å². The molecule has 1 saturated carbocycles. The van der Waals surface area contributed by atoms with Gasteiger partial charge in [-0.2, -0.15) is 13.5 Å². The summed E-state index contributed by atoms with van der Waals surface area (Å²) >= 11 is 0. The Morgan fingerprint density at radius 1 is 1.21 bits per heavy atom. The quantitative estimate of drug-likeness (QED) is 0.292. The summed E-state index contributed by atoms with van der Waals surface area (Å²) in [5.74, 6) is -0.959. The van der Waals surface area contributed by atoms with E-state index in [9.17, 15) is 23.4 Å². The number of aromatic nitrogens is 4. The molecule has 2 aromatic heterocycles. The minimum Gasteiger partial charge on any atom is -0.390 e. The molecule has 4 rings (SSSR count). The van der Waals surface area contributed by atoms with Crippen LogP contribution in [0.1, 0.15) is 28.0 Å². The van der Waals surface area contributed by atoms with Gasteiger partial charge >= 0.3 is 10.3 Å². The molecule has 0 radical (unpaired) electrons. The Bertz CT molecular complexity index is 1250. The van der Waals surface area contributed by atoms with Crippen molar-refractivity contribution in [3.8, 4) is 0 Å². The number of benzene rings is 1. The van der Waals surface area contributed by atoms with E-state index < -0.39 is 40.3 Å². The summed E-state index contributed by atoms with van der Waals surface area (Å²) in [6.07, 6.45) is 1.93. The van der Waals surface area contributed by atoms with Crippen LogP contribution in [0.5, 0.6) is 0 Å². The van der Waals surface area contributed by atoms with E-state index in [2.05, 4.69) is 24.6 Å². The molecular formula is C21H24N6O6S. The van der Waals surface area contributed by atoms with Crippen molar-refractivity contribution in [3.63, 3.8) is 0 Å². The van der Waals surface area contributed by atoms with Gasteiger partial charge in [-0.15, -0.1) is 0 Å². The number of carbonyl (C=O) groups excluding carboxylic acids is 1. The van der Waals surface area contributed by atoms with Crippen molar-refractivity contribution in [3.05, 3.63) is 71.9 Å². The Morgan fingerprint density at radius 3 is 2.71 bits per heavy atom. The molecule has 0 aliphatic heterocycles. The Labute approximate surface area is 195 Å². The lowest BCUT2D eigenvalue weighted by Gasteiger charge is -2.19. The van der Waals surface area contributed by atoms with E-state index >= 15 is 0 Å². The lowest BCUT2D eigenvalue weighted by Crippen LogP contribution is -2.36. The van der Waals surface area contributed by atoms with Gasteiger partial charge in [0.1, 0.15) is 23.9 Å². The van der Waals surface area contributed by atoms with Crippen LogP contribution < -0.4 is 10.5 Å². The normalized spacial score (nSPS) is 22.6. The summed E-state index contributed by atoms with van der Waals surface area (Å²) < 4.78 is 28.3. The van der Waals surface area contributed by atoms with E-state index in [1.807, 2.05) is 30.3 Å². The Balaban J connectivity index is 1.47. The molecule has 1 aliphatic carbocycles. The van der Waals surface area contributed by atoms with E-state index in [1.54, 1.807) is 16.9 Å². The maximum Gasteiger partial charge on any atom is 0.333 e. The van der Waals surface area contributed by atoms with Gasteiger partial charge in [0, 0.05) is 18.3 Å². The van der Waals surface area contributed by atoms with Gasteiger partial charge in [-0.3, -0.25) is 13.7 Å². The van der Waals surface area contributed by atoms with Gasteiger partial charge in [0.05, 0.1) is 30.9 Å². The topological polar surface area (TPSA) is 183 Å². The predicted octanol–water partition coefficient (Wildman–Crippen LogP) is -0.305. The molecule has 1 aliphatic rings. The van der Waals surface area contributed by atoms with Crippen LogP contribution in [-0.2, 0) is 21.0 Å². The van der Waals surface area contributed by atoms with Gasteiger partial charge in [-0.1, -0.05) is 30.3 Å². The van der Waals surface area contributed by atoms with E-state index in [4.69, 9.17) is 5.14 Å². The Hall–Kier alpha value is -3.23. The number of aliphatic hydroxyl groups is 2. The zero-order valence-corrected chi connectivity index (χ0v) is 18.7. The molecule has 1 aromatic carbocycles. The van der Waals surface area contributed by atoms with Crippen LogP contribution in [0.2, 0.25) is 0 Å². The number of nitrogens with zero attached hydrogens (tertiary/aromatic N) is 4. The molecular weight excluding hydrogens is 464 g/mol. The van der Waals surface area contributed by atoms with Crippen molar-refractivity contribution in [2.24, 2.45) is 11.1 Å². The van der Waals surface area contributed by atoms with Gasteiger partial charge in [0.15, 0.2) is 0 Å². The van der Waals surface area contributed by atoms with Gasteiger partial charge in [0.25, 0.3) is 0 Å². The second-order valence-corrected chi connectivity index (χ2v) is 9.22. The highest BCUT2D eigenvalue weighted by Crippen LogP contribution is 2.30. The summed E-state index contributed by atoms with van der Waals surface area (Å²) in [6.45, 7) is 0.113. The molecule has 0 amide bonds. The van der Waals surface area contributed by atoms with Gasteiger partial charge in [0.2, 0.25) is 5.78 Å². The predicted molar refractivity (Wildman–Crippen MR) is 120 cm³/mol. The van der Waals surface area contributed by atoms with Crippen LogP contribution in [0.25, 0.3) is 0 Å². The molecule has 0 saturated heterocycles. The third-order valence-electron chi connectivity index (χ3n) is 5.59. The number of anilines is 1. The number of hydrogen-bond donors (Lipinski definition) is 4. The van der Waals surface area contributed by atoms with Crippen molar-refractivity contribution in [1.29, 1.82) is 0 Å². The van der Waals surface area contributed by atoms with E-state index in [-0.39, 0.29) is 30.1 Å². The number of nitrogens with two attached hydrogens (primary N) is 1. The average Bonchev–Trinajstić information content (AvgIpc) is 3.38. The Kier molecular flexibility index (Phi) is 7.00. The standard InChI is InChI=1S/C21H24N6O6S/c22-34(31,32)33-11-14-8-17(20(30)18(14)28)25-21-15(9-23-12-24-21)19(29)16-6-7-27(26-16)10-13-4-2-1-3-5-13/h1-7,9,12,14,17-18,20,28,30H,8,10-11H2,(H2,22,31,32)(H,23,24,25)/t14-,17-,18-,20+/m1/s1. The minimum atomic E-state index is -4.18. The van der Waals surface area contributed by atoms with E-state index in [0.717, 1.165) is 5.56 Å². The molecule has 3 aromatic rings. The second-order valence-electron chi connectivity index (χ2n) is 8.00. The lowest BCUT2D eigenvalue weighted by atomic mass is 10.1. The first kappa shape index (κ1) is 23.9. The molecule has 0 unspecified atom stereocenters. The third kappa shape index (κ3) is 5.63. The molecule has 0 bridgehead atoms. The molecule has 4 atom stereocenters. The first-order valence-corrected chi connectivity index (χ1v) is 11.9. The maximum atomic E-state index is 13.1. The number of rotatable bonds is 9. The zero-order valence-electron chi connectivity index (χ0n) is 17.9. The van der Waals surface area contributed by atoms with Crippen LogP contribution in [0.3, 0.4) is 0 Å².